The Kier molecular flexibility index (Phi) is 5.60. The molecule has 0 aliphatic carbocycles. The Morgan fingerprint density at radius 1 is 1.30 bits per heavy atom. The summed E-state index contributed by atoms with van der Waals surface area (Å²) >= 11 is 0. The van der Waals surface area contributed by atoms with E-state index < -0.39 is 0 Å². The maximum atomic E-state index is 11.5. The first-order chi connectivity index (χ1) is 9.78. The van der Waals surface area contributed by atoms with E-state index in [1.807, 2.05) is 24.3 Å². The van der Waals surface area contributed by atoms with Gasteiger partial charge in [0.1, 0.15) is 0 Å². The third-order valence-corrected chi connectivity index (χ3v) is 3.17. The highest BCUT2D eigenvalue weighted by molar-refractivity contribution is 5.78. The van der Waals surface area contributed by atoms with Crippen LogP contribution in [-0.2, 0) is 11.3 Å². The van der Waals surface area contributed by atoms with Gasteiger partial charge in [0.25, 0.3) is 0 Å². The van der Waals surface area contributed by atoms with Crippen LogP contribution in [0.5, 0.6) is 0 Å². The van der Waals surface area contributed by atoms with E-state index in [4.69, 9.17) is 5.11 Å². The van der Waals surface area contributed by atoms with Crippen molar-refractivity contribution >= 4 is 5.91 Å². The Balaban J connectivity index is 1.93. The molecule has 0 atom stereocenters. The average molecular weight is 272 g/mol. The number of hydrogen-bond acceptors (Lipinski definition) is 3. The lowest BCUT2D eigenvalue weighted by Gasteiger charge is -2.18. The predicted molar refractivity (Wildman–Crippen MR) is 77.9 cm³/mol. The maximum absolute atomic E-state index is 11.5. The number of nitrogens with zero attached hydrogens (tertiary/aromatic N) is 1. The summed E-state index contributed by atoms with van der Waals surface area (Å²) in [5.41, 5.74) is 2.14. The SMILES string of the molecule is O=C1CN(Cc2ccc(C#CCCO)cc2)CCCN1. The second kappa shape index (κ2) is 7.68. The van der Waals surface area contributed by atoms with Crippen LogP contribution in [0.15, 0.2) is 24.3 Å². The van der Waals surface area contributed by atoms with E-state index in [0.717, 1.165) is 31.6 Å². The molecule has 0 radical (unpaired) electrons. The van der Waals surface area contributed by atoms with Crippen molar-refractivity contribution in [1.82, 2.24) is 10.2 Å². The quantitative estimate of drug-likeness (QED) is 0.798. The molecule has 2 rings (SSSR count). The third-order valence-electron chi connectivity index (χ3n) is 3.17. The van der Waals surface area contributed by atoms with Gasteiger partial charge in [-0.2, -0.15) is 0 Å². The number of aliphatic hydroxyl groups is 1. The number of aliphatic hydroxyl groups excluding tert-OH is 1. The van der Waals surface area contributed by atoms with Crippen LogP contribution in [0.4, 0.5) is 0 Å². The van der Waals surface area contributed by atoms with Crippen molar-refractivity contribution in [2.45, 2.75) is 19.4 Å². The molecule has 4 heteroatoms. The van der Waals surface area contributed by atoms with Crippen LogP contribution in [0.2, 0.25) is 0 Å². The fourth-order valence-electron chi connectivity index (χ4n) is 2.18. The van der Waals surface area contributed by atoms with E-state index >= 15 is 0 Å². The van der Waals surface area contributed by atoms with Gasteiger partial charge in [0.2, 0.25) is 5.91 Å². The van der Waals surface area contributed by atoms with E-state index in [9.17, 15) is 4.79 Å². The summed E-state index contributed by atoms with van der Waals surface area (Å²) < 4.78 is 0. The van der Waals surface area contributed by atoms with Crippen LogP contribution in [0.25, 0.3) is 0 Å². The summed E-state index contributed by atoms with van der Waals surface area (Å²) in [5.74, 6) is 6.01. The zero-order chi connectivity index (χ0) is 14.2. The Morgan fingerprint density at radius 3 is 2.85 bits per heavy atom. The van der Waals surface area contributed by atoms with E-state index in [-0.39, 0.29) is 12.5 Å². The smallest absolute Gasteiger partial charge is 0.234 e. The lowest BCUT2D eigenvalue weighted by atomic mass is 10.1. The minimum atomic E-state index is 0.0993. The van der Waals surface area contributed by atoms with E-state index in [0.29, 0.717) is 13.0 Å². The van der Waals surface area contributed by atoms with Crippen molar-refractivity contribution in [3.05, 3.63) is 35.4 Å². The Labute approximate surface area is 119 Å². The molecular formula is C16H20N2O2. The van der Waals surface area contributed by atoms with Crippen LogP contribution < -0.4 is 5.32 Å². The summed E-state index contributed by atoms with van der Waals surface area (Å²) in [4.78, 5) is 13.7. The first kappa shape index (κ1) is 14.6. The first-order valence-corrected chi connectivity index (χ1v) is 6.95. The second-order valence-corrected chi connectivity index (χ2v) is 4.89. The molecule has 0 unspecified atom stereocenters. The van der Waals surface area contributed by atoms with Gasteiger partial charge in [-0.15, -0.1) is 0 Å². The fraction of sp³-hybridized carbons (Fsp3) is 0.438. The van der Waals surface area contributed by atoms with Crippen molar-refractivity contribution in [3.63, 3.8) is 0 Å². The number of hydrogen-bond donors (Lipinski definition) is 2. The molecule has 4 nitrogen and oxygen atoms in total. The normalized spacial score (nSPS) is 15.9. The standard InChI is InChI=1S/C16H20N2O2/c19-11-2-1-4-14-5-7-15(8-6-14)12-18-10-3-9-17-16(20)13-18/h5-8,19H,2-3,9-13H2,(H,17,20). The average Bonchev–Trinajstić information content (AvgIpc) is 2.65. The van der Waals surface area contributed by atoms with Crippen molar-refractivity contribution < 1.29 is 9.90 Å². The molecule has 1 aliphatic rings. The molecule has 1 saturated heterocycles. The first-order valence-electron chi connectivity index (χ1n) is 6.95. The van der Waals surface area contributed by atoms with Gasteiger partial charge >= 0.3 is 0 Å². The van der Waals surface area contributed by atoms with Gasteiger partial charge in [0.15, 0.2) is 0 Å². The monoisotopic (exact) mass is 272 g/mol. The van der Waals surface area contributed by atoms with Crippen LogP contribution in [0, 0.1) is 11.8 Å². The van der Waals surface area contributed by atoms with Gasteiger partial charge in [0.05, 0.1) is 13.2 Å². The van der Waals surface area contributed by atoms with E-state index in [1.165, 1.54) is 5.56 Å². The van der Waals surface area contributed by atoms with Crippen molar-refractivity contribution in [1.29, 1.82) is 0 Å². The number of benzene rings is 1. The van der Waals surface area contributed by atoms with E-state index in [2.05, 4.69) is 22.1 Å². The van der Waals surface area contributed by atoms with Crippen molar-refractivity contribution in [3.8, 4) is 11.8 Å². The Morgan fingerprint density at radius 2 is 2.10 bits per heavy atom. The lowest BCUT2D eigenvalue weighted by molar-refractivity contribution is -0.121. The lowest BCUT2D eigenvalue weighted by Crippen LogP contribution is -2.32. The number of nitrogens with one attached hydrogen (secondary N) is 1. The topological polar surface area (TPSA) is 52.6 Å². The molecule has 2 N–H and O–H groups in total. The molecule has 1 aliphatic heterocycles. The highest BCUT2D eigenvalue weighted by Gasteiger charge is 2.14. The van der Waals surface area contributed by atoms with Crippen LogP contribution >= 0.6 is 0 Å². The predicted octanol–water partition coefficient (Wildman–Crippen LogP) is 0.742. The van der Waals surface area contributed by atoms with Gasteiger partial charge in [-0.3, -0.25) is 9.69 Å². The maximum Gasteiger partial charge on any atom is 0.234 e. The largest absolute Gasteiger partial charge is 0.395 e. The number of amides is 1. The molecular weight excluding hydrogens is 252 g/mol. The molecule has 106 valence electrons. The molecule has 1 aromatic carbocycles. The second-order valence-electron chi connectivity index (χ2n) is 4.89. The summed E-state index contributed by atoms with van der Waals surface area (Å²) in [7, 11) is 0. The molecule has 1 aromatic rings. The third kappa shape index (κ3) is 4.69. The van der Waals surface area contributed by atoms with Gasteiger partial charge in [-0.25, -0.2) is 0 Å². The summed E-state index contributed by atoms with van der Waals surface area (Å²) in [6.07, 6.45) is 1.50. The number of carbonyl (C=O) groups is 1. The molecule has 1 fully saturated rings. The molecule has 0 saturated carbocycles. The molecule has 0 spiro atoms. The highest BCUT2D eigenvalue weighted by atomic mass is 16.2. The summed E-state index contributed by atoms with van der Waals surface area (Å²) in [6, 6.07) is 8.06. The zero-order valence-electron chi connectivity index (χ0n) is 11.6. The molecule has 1 amide bonds. The molecule has 20 heavy (non-hydrogen) atoms. The fourth-order valence-corrected chi connectivity index (χ4v) is 2.18. The van der Waals surface area contributed by atoms with Crippen LogP contribution in [0.1, 0.15) is 24.0 Å². The zero-order valence-corrected chi connectivity index (χ0v) is 11.6. The van der Waals surface area contributed by atoms with Crippen LogP contribution in [-0.4, -0.2) is 42.2 Å². The number of rotatable bonds is 3. The summed E-state index contributed by atoms with van der Waals surface area (Å²) in [6.45, 7) is 3.07. The molecule has 1 heterocycles. The van der Waals surface area contributed by atoms with Crippen LogP contribution in [0.3, 0.4) is 0 Å². The Hall–Kier alpha value is -1.83. The molecule has 0 aromatic heterocycles. The number of carbonyl (C=O) groups excluding carboxylic acids is 1. The molecule has 0 bridgehead atoms. The Bertz CT molecular complexity index is 499. The van der Waals surface area contributed by atoms with Gasteiger partial charge in [0, 0.05) is 31.6 Å². The summed E-state index contributed by atoms with van der Waals surface area (Å²) in [5, 5.41) is 11.6. The van der Waals surface area contributed by atoms with Crippen molar-refractivity contribution in [2.24, 2.45) is 0 Å². The minimum absolute atomic E-state index is 0.0993. The minimum Gasteiger partial charge on any atom is -0.395 e. The highest BCUT2D eigenvalue weighted by Crippen LogP contribution is 2.08. The van der Waals surface area contributed by atoms with Gasteiger partial charge in [-0.1, -0.05) is 24.0 Å². The van der Waals surface area contributed by atoms with Crippen molar-refractivity contribution in [2.75, 3.05) is 26.2 Å². The van der Waals surface area contributed by atoms with Gasteiger partial charge in [-0.05, 0) is 24.1 Å². The van der Waals surface area contributed by atoms with E-state index in [1.54, 1.807) is 0 Å². The van der Waals surface area contributed by atoms with Gasteiger partial charge < -0.3 is 10.4 Å².